The Bertz CT molecular complexity index is 611. The molecule has 0 rings (SSSR count). The molecule has 0 heterocycles. The number of carbonyl (C=O) groups excluding carboxylic acids is 4. The molecule has 0 aromatic heterocycles. The Labute approximate surface area is 168 Å². The zero-order valence-corrected chi connectivity index (χ0v) is 16.8. The lowest BCUT2D eigenvalue weighted by Crippen LogP contribution is -2.59. The molecule has 0 aliphatic rings. The number of nitrogens with one attached hydrogen (secondary N) is 3. The Hall–Kier alpha value is -2.73. The SMILES string of the molecule is CCC(C)C(N)C(=O)NC(C(=O)NC(CCC(N)=O)C(=O)NCC(=O)O)C(C)O. The summed E-state index contributed by atoms with van der Waals surface area (Å²) in [6.45, 7) is 4.17. The average molecular weight is 417 g/mol. The third-order valence-electron chi connectivity index (χ3n) is 4.35. The second-order valence-corrected chi connectivity index (χ2v) is 6.82. The number of aliphatic hydroxyl groups is 1. The largest absolute Gasteiger partial charge is 0.480 e. The van der Waals surface area contributed by atoms with Crippen LogP contribution in [0.1, 0.15) is 40.0 Å². The van der Waals surface area contributed by atoms with Gasteiger partial charge < -0.3 is 37.6 Å². The van der Waals surface area contributed by atoms with E-state index in [0.29, 0.717) is 6.42 Å². The van der Waals surface area contributed by atoms with Crippen molar-refractivity contribution in [1.82, 2.24) is 16.0 Å². The van der Waals surface area contributed by atoms with Gasteiger partial charge in [-0.05, 0) is 19.3 Å². The highest BCUT2D eigenvalue weighted by molar-refractivity contribution is 5.94. The number of hydrogen-bond acceptors (Lipinski definition) is 7. The van der Waals surface area contributed by atoms with Crippen molar-refractivity contribution in [3.63, 3.8) is 0 Å². The van der Waals surface area contributed by atoms with Crippen molar-refractivity contribution in [2.75, 3.05) is 6.54 Å². The molecule has 0 saturated carbocycles. The quantitative estimate of drug-likeness (QED) is 0.165. The van der Waals surface area contributed by atoms with Crippen LogP contribution in [0.15, 0.2) is 0 Å². The summed E-state index contributed by atoms with van der Waals surface area (Å²) in [4.78, 5) is 58.5. The Morgan fingerprint density at radius 1 is 1.00 bits per heavy atom. The molecule has 0 radical (unpaired) electrons. The molecule has 0 aromatic carbocycles. The second-order valence-electron chi connectivity index (χ2n) is 6.82. The topological polar surface area (TPSA) is 214 Å². The minimum absolute atomic E-state index is 0.169. The smallest absolute Gasteiger partial charge is 0.322 e. The molecule has 12 nitrogen and oxygen atoms in total. The molecule has 0 fully saturated rings. The fraction of sp³-hybridized carbons (Fsp3) is 0.706. The van der Waals surface area contributed by atoms with Gasteiger partial charge in [0.25, 0.3) is 0 Å². The van der Waals surface area contributed by atoms with E-state index in [4.69, 9.17) is 16.6 Å². The molecule has 0 aliphatic heterocycles. The number of hydrogen-bond donors (Lipinski definition) is 7. The number of rotatable bonds is 13. The number of aliphatic carboxylic acids is 1. The van der Waals surface area contributed by atoms with Gasteiger partial charge >= 0.3 is 5.97 Å². The number of carbonyl (C=O) groups is 5. The summed E-state index contributed by atoms with van der Waals surface area (Å²) >= 11 is 0. The van der Waals surface area contributed by atoms with Crippen LogP contribution in [-0.2, 0) is 24.0 Å². The van der Waals surface area contributed by atoms with Crippen LogP contribution in [0.2, 0.25) is 0 Å². The first-order valence-corrected chi connectivity index (χ1v) is 9.22. The van der Waals surface area contributed by atoms with Gasteiger partial charge in [-0.1, -0.05) is 20.3 Å². The lowest BCUT2D eigenvalue weighted by atomic mass is 9.98. The summed E-state index contributed by atoms with van der Waals surface area (Å²) < 4.78 is 0. The maximum Gasteiger partial charge on any atom is 0.322 e. The highest BCUT2D eigenvalue weighted by Gasteiger charge is 2.32. The van der Waals surface area contributed by atoms with Gasteiger partial charge in [0, 0.05) is 6.42 Å². The molecule has 0 aliphatic carbocycles. The van der Waals surface area contributed by atoms with Crippen LogP contribution in [0.3, 0.4) is 0 Å². The molecular formula is C17H31N5O7. The van der Waals surface area contributed by atoms with Crippen molar-refractivity contribution in [3.8, 4) is 0 Å². The van der Waals surface area contributed by atoms with E-state index < -0.39 is 60.4 Å². The number of carboxylic acids is 1. The van der Waals surface area contributed by atoms with Gasteiger partial charge in [0.2, 0.25) is 23.6 Å². The third kappa shape index (κ3) is 9.85. The Balaban J connectivity index is 5.25. The Kier molecular flexibility index (Phi) is 11.5. The molecule has 9 N–H and O–H groups in total. The van der Waals surface area contributed by atoms with Gasteiger partial charge in [0.15, 0.2) is 0 Å². The first-order valence-electron chi connectivity index (χ1n) is 9.22. The van der Waals surface area contributed by atoms with E-state index in [1.165, 1.54) is 6.92 Å². The molecule has 0 spiro atoms. The van der Waals surface area contributed by atoms with Crippen LogP contribution < -0.4 is 27.4 Å². The lowest BCUT2D eigenvalue weighted by molar-refractivity contribution is -0.139. The van der Waals surface area contributed by atoms with E-state index >= 15 is 0 Å². The number of amides is 4. The van der Waals surface area contributed by atoms with Crippen LogP contribution in [-0.4, -0.2) is 70.6 Å². The summed E-state index contributed by atoms with van der Waals surface area (Å²) in [5, 5.41) is 25.3. The molecule has 0 bridgehead atoms. The molecule has 12 heteroatoms. The van der Waals surface area contributed by atoms with Crippen molar-refractivity contribution in [3.05, 3.63) is 0 Å². The van der Waals surface area contributed by atoms with Gasteiger partial charge in [-0.25, -0.2) is 0 Å². The second kappa shape index (κ2) is 12.7. The van der Waals surface area contributed by atoms with E-state index in [1.807, 2.05) is 6.92 Å². The maximum atomic E-state index is 12.5. The average Bonchev–Trinajstić information content (AvgIpc) is 2.64. The fourth-order valence-corrected chi connectivity index (χ4v) is 2.27. The van der Waals surface area contributed by atoms with Gasteiger partial charge in [0.1, 0.15) is 18.6 Å². The number of primary amides is 1. The highest BCUT2D eigenvalue weighted by atomic mass is 16.4. The van der Waals surface area contributed by atoms with Crippen molar-refractivity contribution < 1.29 is 34.2 Å². The van der Waals surface area contributed by atoms with E-state index in [2.05, 4.69) is 16.0 Å². The van der Waals surface area contributed by atoms with Crippen molar-refractivity contribution in [2.45, 2.75) is 64.3 Å². The predicted molar refractivity (Wildman–Crippen MR) is 102 cm³/mol. The fourth-order valence-electron chi connectivity index (χ4n) is 2.27. The molecule has 29 heavy (non-hydrogen) atoms. The molecule has 4 amide bonds. The van der Waals surface area contributed by atoms with Gasteiger partial charge in [-0.15, -0.1) is 0 Å². The third-order valence-corrected chi connectivity index (χ3v) is 4.35. The molecular weight excluding hydrogens is 386 g/mol. The maximum absolute atomic E-state index is 12.5. The molecule has 0 saturated heterocycles. The van der Waals surface area contributed by atoms with Crippen molar-refractivity contribution in [2.24, 2.45) is 17.4 Å². The van der Waals surface area contributed by atoms with Gasteiger partial charge in [0.05, 0.1) is 12.1 Å². The van der Waals surface area contributed by atoms with E-state index in [9.17, 15) is 29.1 Å². The lowest BCUT2D eigenvalue weighted by Gasteiger charge is -2.26. The standard InChI is InChI=1S/C17H31N5O7/c1-4-8(2)13(19)16(28)22-14(9(3)23)17(29)21-10(5-6-11(18)24)15(27)20-7-12(25)26/h8-10,13-14,23H,4-7,19H2,1-3H3,(H2,18,24)(H,20,27)(H,21,29)(H,22,28)(H,25,26). The first-order chi connectivity index (χ1) is 13.4. The van der Waals surface area contributed by atoms with Gasteiger partial charge in [-0.3, -0.25) is 24.0 Å². The van der Waals surface area contributed by atoms with Crippen LogP contribution in [0, 0.1) is 5.92 Å². The zero-order chi connectivity index (χ0) is 22.7. The van der Waals surface area contributed by atoms with E-state index in [0.717, 1.165) is 0 Å². The van der Waals surface area contributed by atoms with E-state index in [-0.39, 0.29) is 18.8 Å². The zero-order valence-electron chi connectivity index (χ0n) is 16.8. The van der Waals surface area contributed by atoms with Crippen molar-refractivity contribution in [1.29, 1.82) is 0 Å². The molecule has 166 valence electrons. The summed E-state index contributed by atoms with van der Waals surface area (Å²) in [5.41, 5.74) is 10.9. The number of nitrogens with two attached hydrogens (primary N) is 2. The molecule has 5 unspecified atom stereocenters. The first kappa shape index (κ1) is 26.3. The highest BCUT2D eigenvalue weighted by Crippen LogP contribution is 2.07. The number of aliphatic hydroxyl groups excluding tert-OH is 1. The predicted octanol–water partition coefficient (Wildman–Crippen LogP) is -2.82. The minimum Gasteiger partial charge on any atom is -0.480 e. The monoisotopic (exact) mass is 417 g/mol. The van der Waals surface area contributed by atoms with Crippen molar-refractivity contribution >= 4 is 29.6 Å². The molecule has 0 aromatic rings. The van der Waals surface area contributed by atoms with Gasteiger partial charge in [-0.2, -0.15) is 0 Å². The Morgan fingerprint density at radius 2 is 1.59 bits per heavy atom. The Morgan fingerprint density at radius 3 is 2.03 bits per heavy atom. The normalized spacial score (nSPS) is 15.9. The van der Waals surface area contributed by atoms with Crippen LogP contribution in [0.5, 0.6) is 0 Å². The van der Waals surface area contributed by atoms with E-state index in [1.54, 1.807) is 6.92 Å². The van der Waals surface area contributed by atoms with Crippen LogP contribution in [0.4, 0.5) is 0 Å². The summed E-state index contributed by atoms with van der Waals surface area (Å²) in [6, 6.07) is -3.62. The molecule has 5 atom stereocenters. The summed E-state index contributed by atoms with van der Waals surface area (Å²) in [5.74, 6) is -4.59. The van der Waals surface area contributed by atoms with Crippen LogP contribution in [0.25, 0.3) is 0 Å². The summed E-state index contributed by atoms with van der Waals surface area (Å²) in [6.07, 6.45) is -1.14. The van der Waals surface area contributed by atoms with Crippen LogP contribution >= 0.6 is 0 Å². The number of carboxylic acid groups (broad SMARTS) is 1. The summed E-state index contributed by atoms with van der Waals surface area (Å²) in [7, 11) is 0. The minimum atomic E-state index is -1.42.